The molecule has 10 heteroatoms. The number of likely N-dealkylation sites (tertiary alicyclic amines) is 1. The standard InChI is InChI=1S/C26H35N3O5S2/c1-18(2)19-5-6-24-23(14-19)34-12-9-26(7-10-28(11-8-26)17-21-4-3-13-35-21)27-25(31)22-15-20(30)16-29(22)36(24,32)33/h3-6,13-14,18,20,22,30H,7-12,15-17H2,1-2H3,(H,27,31)/t20-,22+/m1/s1. The van der Waals surface area contributed by atoms with E-state index in [2.05, 4.69) is 41.6 Å². The van der Waals surface area contributed by atoms with Crippen molar-refractivity contribution in [2.45, 2.75) is 74.6 Å². The molecule has 8 nitrogen and oxygen atoms in total. The summed E-state index contributed by atoms with van der Waals surface area (Å²) >= 11 is 1.75. The first-order valence-corrected chi connectivity index (χ1v) is 15.0. The average molecular weight is 534 g/mol. The van der Waals surface area contributed by atoms with E-state index in [0.717, 1.165) is 42.3 Å². The maximum atomic E-state index is 13.7. The molecule has 5 rings (SSSR count). The first-order valence-electron chi connectivity index (χ1n) is 12.7. The third kappa shape index (κ3) is 5.06. The van der Waals surface area contributed by atoms with Gasteiger partial charge in [0.1, 0.15) is 16.7 Å². The molecule has 2 N–H and O–H groups in total. The van der Waals surface area contributed by atoms with Gasteiger partial charge in [0, 0.05) is 49.4 Å². The Hall–Kier alpha value is -1.98. The van der Waals surface area contributed by atoms with Gasteiger partial charge in [-0.25, -0.2) is 8.42 Å². The number of thiophene rings is 1. The van der Waals surface area contributed by atoms with E-state index in [4.69, 9.17) is 4.74 Å². The molecule has 2 saturated heterocycles. The highest BCUT2D eigenvalue weighted by Gasteiger charge is 2.47. The molecule has 1 amide bonds. The van der Waals surface area contributed by atoms with E-state index in [-0.39, 0.29) is 29.7 Å². The molecule has 0 saturated carbocycles. The number of aliphatic hydroxyl groups excluding tert-OH is 1. The van der Waals surface area contributed by atoms with Crippen LogP contribution < -0.4 is 10.1 Å². The predicted molar refractivity (Wildman–Crippen MR) is 139 cm³/mol. The van der Waals surface area contributed by atoms with Gasteiger partial charge in [0.2, 0.25) is 15.9 Å². The van der Waals surface area contributed by atoms with Gasteiger partial charge in [-0.1, -0.05) is 26.0 Å². The Morgan fingerprint density at radius 2 is 2.00 bits per heavy atom. The third-order valence-electron chi connectivity index (χ3n) is 7.76. The Labute approximate surface area is 217 Å². The summed E-state index contributed by atoms with van der Waals surface area (Å²) in [7, 11) is -4.04. The number of sulfonamides is 1. The van der Waals surface area contributed by atoms with Crippen molar-refractivity contribution in [2.75, 3.05) is 26.2 Å². The first kappa shape index (κ1) is 25.7. The largest absolute Gasteiger partial charge is 0.492 e. The quantitative estimate of drug-likeness (QED) is 0.630. The SMILES string of the molecule is CC(C)c1ccc2c(c1)OCCC1(CCN(Cc3cccs3)CC1)NC(=O)[C@@H]1C[C@@H](O)CN1S2(=O)=O. The van der Waals surface area contributed by atoms with Crippen molar-refractivity contribution >= 4 is 27.3 Å². The number of amides is 1. The minimum absolute atomic E-state index is 0.0560. The summed E-state index contributed by atoms with van der Waals surface area (Å²) in [6.07, 6.45) is 1.31. The summed E-state index contributed by atoms with van der Waals surface area (Å²) in [6, 6.07) is 8.45. The van der Waals surface area contributed by atoms with Crippen molar-refractivity contribution in [1.29, 1.82) is 0 Å². The molecule has 3 aliphatic heterocycles. The zero-order valence-electron chi connectivity index (χ0n) is 20.9. The lowest BCUT2D eigenvalue weighted by Crippen LogP contribution is -2.59. The minimum atomic E-state index is -4.04. The second-order valence-corrected chi connectivity index (χ2v) is 13.5. The monoisotopic (exact) mass is 533 g/mol. The van der Waals surface area contributed by atoms with Crippen molar-refractivity contribution < 1.29 is 23.1 Å². The third-order valence-corrected chi connectivity index (χ3v) is 10.5. The number of nitrogens with zero attached hydrogens (tertiary/aromatic N) is 2. The molecule has 2 fully saturated rings. The van der Waals surface area contributed by atoms with Gasteiger partial charge in [-0.05, 0) is 47.9 Å². The fourth-order valence-electron chi connectivity index (χ4n) is 5.52. The van der Waals surface area contributed by atoms with E-state index in [1.54, 1.807) is 23.5 Å². The van der Waals surface area contributed by atoms with Gasteiger partial charge < -0.3 is 15.2 Å². The predicted octanol–water partition coefficient (Wildman–Crippen LogP) is 2.93. The van der Waals surface area contributed by atoms with Crippen LogP contribution in [0.3, 0.4) is 0 Å². The molecule has 1 spiro atoms. The lowest BCUT2D eigenvalue weighted by atomic mass is 9.84. The molecule has 0 radical (unpaired) electrons. The number of fused-ring (bicyclic) bond motifs is 2. The van der Waals surface area contributed by atoms with Crippen LogP contribution in [0.25, 0.3) is 0 Å². The van der Waals surface area contributed by atoms with Crippen LogP contribution in [-0.2, 0) is 21.4 Å². The highest BCUT2D eigenvalue weighted by atomic mass is 32.2. The summed E-state index contributed by atoms with van der Waals surface area (Å²) in [5.74, 6) is 0.202. The van der Waals surface area contributed by atoms with Crippen molar-refractivity contribution in [3.8, 4) is 5.75 Å². The average Bonchev–Trinajstić information content (AvgIpc) is 3.50. The van der Waals surface area contributed by atoms with E-state index >= 15 is 0 Å². The van der Waals surface area contributed by atoms with Crippen LogP contribution in [0.1, 0.15) is 55.9 Å². The maximum Gasteiger partial charge on any atom is 0.247 e. The Bertz CT molecular complexity index is 1190. The second kappa shape index (κ2) is 10.1. The minimum Gasteiger partial charge on any atom is -0.492 e. The van der Waals surface area contributed by atoms with Crippen LogP contribution in [-0.4, -0.2) is 72.6 Å². The van der Waals surface area contributed by atoms with Gasteiger partial charge in [0.05, 0.1) is 12.7 Å². The topological polar surface area (TPSA) is 99.2 Å². The molecule has 0 unspecified atom stereocenters. The van der Waals surface area contributed by atoms with Crippen LogP contribution in [0.2, 0.25) is 0 Å². The number of carbonyl (C=O) groups is 1. The van der Waals surface area contributed by atoms with Gasteiger partial charge in [0.25, 0.3) is 0 Å². The Balaban J connectivity index is 1.45. The number of hydrogen-bond donors (Lipinski definition) is 2. The number of rotatable bonds is 3. The molecule has 1 aromatic heterocycles. The Morgan fingerprint density at radius 1 is 1.22 bits per heavy atom. The van der Waals surface area contributed by atoms with Gasteiger partial charge >= 0.3 is 0 Å². The van der Waals surface area contributed by atoms with E-state index in [9.17, 15) is 18.3 Å². The maximum absolute atomic E-state index is 13.7. The molecule has 196 valence electrons. The van der Waals surface area contributed by atoms with Crippen LogP contribution in [0.4, 0.5) is 0 Å². The van der Waals surface area contributed by atoms with Crippen LogP contribution in [0.15, 0.2) is 40.6 Å². The molecule has 2 atom stereocenters. The molecule has 0 aliphatic carbocycles. The lowest BCUT2D eigenvalue weighted by molar-refractivity contribution is -0.127. The highest BCUT2D eigenvalue weighted by Crippen LogP contribution is 2.36. The zero-order valence-corrected chi connectivity index (χ0v) is 22.5. The summed E-state index contributed by atoms with van der Waals surface area (Å²) in [6.45, 7) is 6.87. The number of nitrogens with one attached hydrogen (secondary N) is 1. The lowest BCUT2D eigenvalue weighted by Gasteiger charge is -2.43. The second-order valence-electron chi connectivity index (χ2n) is 10.6. The summed E-state index contributed by atoms with van der Waals surface area (Å²) in [5, 5.41) is 15.7. The Kier molecular flexibility index (Phi) is 7.17. The Morgan fingerprint density at radius 3 is 2.69 bits per heavy atom. The summed E-state index contributed by atoms with van der Waals surface area (Å²) in [5.41, 5.74) is 0.509. The van der Waals surface area contributed by atoms with Crippen LogP contribution >= 0.6 is 11.3 Å². The molecular weight excluding hydrogens is 498 g/mol. The first-order chi connectivity index (χ1) is 17.2. The molecule has 1 aromatic carbocycles. The summed E-state index contributed by atoms with van der Waals surface area (Å²) < 4.78 is 34.8. The van der Waals surface area contributed by atoms with E-state index in [0.29, 0.717) is 18.8 Å². The number of piperidine rings is 1. The molecular formula is C26H35N3O5S2. The van der Waals surface area contributed by atoms with E-state index in [1.807, 2.05) is 6.07 Å². The number of aliphatic hydroxyl groups is 1. The number of ether oxygens (including phenoxy) is 1. The van der Waals surface area contributed by atoms with Gasteiger partial charge in [-0.15, -0.1) is 11.3 Å². The van der Waals surface area contributed by atoms with Crippen molar-refractivity contribution in [3.63, 3.8) is 0 Å². The van der Waals surface area contributed by atoms with Crippen molar-refractivity contribution in [2.24, 2.45) is 0 Å². The fraction of sp³-hybridized carbons (Fsp3) is 0.577. The smallest absolute Gasteiger partial charge is 0.247 e. The van der Waals surface area contributed by atoms with Gasteiger partial charge in [0.15, 0.2) is 0 Å². The molecule has 2 aromatic rings. The van der Waals surface area contributed by atoms with E-state index < -0.39 is 27.7 Å². The molecule has 4 heterocycles. The van der Waals surface area contributed by atoms with Crippen molar-refractivity contribution in [1.82, 2.24) is 14.5 Å². The van der Waals surface area contributed by atoms with Crippen LogP contribution in [0.5, 0.6) is 5.75 Å². The number of hydrogen-bond acceptors (Lipinski definition) is 7. The molecule has 36 heavy (non-hydrogen) atoms. The van der Waals surface area contributed by atoms with Gasteiger partial charge in [-0.2, -0.15) is 4.31 Å². The van der Waals surface area contributed by atoms with Crippen molar-refractivity contribution in [3.05, 3.63) is 46.2 Å². The fourth-order valence-corrected chi connectivity index (χ4v) is 8.02. The van der Waals surface area contributed by atoms with E-state index in [1.165, 1.54) is 4.88 Å². The number of carbonyl (C=O) groups excluding carboxylic acids is 1. The zero-order chi connectivity index (χ0) is 25.5. The van der Waals surface area contributed by atoms with Crippen LogP contribution in [0, 0.1) is 0 Å². The molecule has 3 aliphatic rings. The number of benzene rings is 1. The molecule has 0 bridgehead atoms. The summed E-state index contributed by atoms with van der Waals surface area (Å²) in [4.78, 5) is 17.3. The van der Waals surface area contributed by atoms with Gasteiger partial charge in [-0.3, -0.25) is 9.69 Å². The normalized spacial score (nSPS) is 26.6. The highest BCUT2D eigenvalue weighted by molar-refractivity contribution is 7.89.